The number of likely N-dealkylation sites (tertiary alicyclic amines) is 1. The van der Waals surface area contributed by atoms with Crippen LogP contribution in [0.3, 0.4) is 0 Å². The molecular weight excluding hydrogens is 122 g/mol. The number of piperidine rings is 1. The van der Waals surface area contributed by atoms with Gasteiger partial charge in [-0.2, -0.15) is 0 Å². The average molecular weight is 140 g/mol. The van der Waals surface area contributed by atoms with Gasteiger partial charge in [0, 0.05) is 12.6 Å². The maximum Gasteiger partial charge on any atom is 0.0254 e. The molecule has 1 saturated heterocycles. The van der Waals surface area contributed by atoms with E-state index in [0.29, 0.717) is 0 Å². The minimum absolute atomic E-state index is 0.764. The molecular formula is C9H18N. The van der Waals surface area contributed by atoms with E-state index in [4.69, 9.17) is 0 Å². The molecule has 0 saturated carbocycles. The lowest BCUT2D eigenvalue weighted by atomic mass is 10.1. The smallest absolute Gasteiger partial charge is 0.0254 e. The first-order valence-electron chi connectivity index (χ1n) is 4.43. The Morgan fingerprint density at radius 3 is 2.80 bits per heavy atom. The molecule has 0 N–H and O–H groups in total. The van der Waals surface area contributed by atoms with Crippen LogP contribution in [0.1, 0.15) is 39.5 Å². The first-order valence-corrected chi connectivity index (χ1v) is 4.43. The van der Waals surface area contributed by atoms with E-state index in [9.17, 15) is 0 Å². The Balaban J connectivity index is 2.24. The lowest BCUT2D eigenvalue weighted by Gasteiger charge is -2.31. The van der Waals surface area contributed by atoms with Crippen molar-refractivity contribution in [1.29, 1.82) is 0 Å². The summed E-state index contributed by atoms with van der Waals surface area (Å²) in [5.41, 5.74) is 0. The van der Waals surface area contributed by atoms with Crippen LogP contribution in [0.4, 0.5) is 0 Å². The molecule has 10 heavy (non-hydrogen) atoms. The first-order chi connectivity index (χ1) is 4.84. The van der Waals surface area contributed by atoms with Crippen LogP contribution in [0.2, 0.25) is 0 Å². The van der Waals surface area contributed by atoms with Crippen molar-refractivity contribution < 1.29 is 0 Å². The van der Waals surface area contributed by atoms with E-state index in [2.05, 4.69) is 25.3 Å². The molecule has 59 valence electrons. The van der Waals surface area contributed by atoms with Gasteiger partial charge in [-0.05, 0) is 32.7 Å². The third kappa shape index (κ3) is 1.98. The Kier molecular flexibility index (Phi) is 3.20. The fourth-order valence-corrected chi connectivity index (χ4v) is 1.42. The Morgan fingerprint density at radius 2 is 2.30 bits per heavy atom. The third-order valence-electron chi connectivity index (χ3n) is 2.39. The van der Waals surface area contributed by atoms with Crippen LogP contribution in [0.5, 0.6) is 0 Å². The quantitative estimate of drug-likeness (QED) is 0.569. The van der Waals surface area contributed by atoms with Gasteiger partial charge in [0.15, 0.2) is 0 Å². The summed E-state index contributed by atoms with van der Waals surface area (Å²) in [6.45, 7) is 8.22. The van der Waals surface area contributed by atoms with Crippen LogP contribution in [0, 0.1) is 6.54 Å². The Bertz CT molecular complexity index is 84.7. The van der Waals surface area contributed by atoms with Crippen LogP contribution in [0.25, 0.3) is 0 Å². The normalized spacial score (nSPS) is 24.6. The van der Waals surface area contributed by atoms with Gasteiger partial charge >= 0.3 is 0 Å². The highest BCUT2D eigenvalue weighted by Gasteiger charge is 2.14. The van der Waals surface area contributed by atoms with E-state index in [1.165, 1.54) is 32.2 Å². The Morgan fingerprint density at radius 1 is 1.50 bits per heavy atom. The Hall–Kier alpha value is -0.0400. The van der Waals surface area contributed by atoms with Crippen LogP contribution in [-0.4, -0.2) is 17.5 Å². The maximum absolute atomic E-state index is 2.49. The van der Waals surface area contributed by atoms with Gasteiger partial charge in [-0.15, -0.1) is 0 Å². The van der Waals surface area contributed by atoms with Crippen molar-refractivity contribution in [3.8, 4) is 0 Å². The highest BCUT2D eigenvalue weighted by Crippen LogP contribution is 2.16. The Labute approximate surface area is 64.4 Å². The van der Waals surface area contributed by atoms with Crippen LogP contribution >= 0.6 is 0 Å². The number of rotatable bonds is 2. The molecule has 0 bridgehead atoms. The second kappa shape index (κ2) is 3.97. The zero-order valence-electron chi connectivity index (χ0n) is 7.14. The van der Waals surface area contributed by atoms with Gasteiger partial charge in [-0.3, -0.25) is 4.90 Å². The summed E-state index contributed by atoms with van der Waals surface area (Å²) < 4.78 is 0. The summed E-state index contributed by atoms with van der Waals surface area (Å²) in [5.74, 6) is 0. The summed E-state index contributed by atoms with van der Waals surface area (Å²) in [7, 11) is 0. The van der Waals surface area contributed by atoms with Gasteiger partial charge in [0.05, 0.1) is 0 Å². The number of nitrogens with zero attached hydrogens (tertiary/aromatic N) is 1. The molecule has 0 aromatic rings. The second-order valence-electron chi connectivity index (χ2n) is 3.17. The van der Waals surface area contributed by atoms with E-state index in [1.807, 2.05) is 0 Å². The van der Waals surface area contributed by atoms with E-state index in [-0.39, 0.29) is 0 Å². The minimum Gasteiger partial charge on any atom is -0.296 e. The summed E-state index contributed by atoms with van der Waals surface area (Å²) >= 11 is 0. The molecule has 1 unspecified atom stereocenters. The molecule has 1 radical (unpaired) electrons. The SMILES string of the molecule is CCC(C)N1[CH]CCCC1. The van der Waals surface area contributed by atoms with Gasteiger partial charge in [0.1, 0.15) is 0 Å². The van der Waals surface area contributed by atoms with Crippen LogP contribution in [-0.2, 0) is 0 Å². The molecule has 1 heterocycles. The molecule has 1 fully saturated rings. The third-order valence-corrected chi connectivity index (χ3v) is 2.39. The highest BCUT2D eigenvalue weighted by atomic mass is 15.1. The summed E-state index contributed by atoms with van der Waals surface area (Å²) in [4.78, 5) is 2.49. The fourth-order valence-electron chi connectivity index (χ4n) is 1.42. The summed E-state index contributed by atoms with van der Waals surface area (Å²) in [5, 5.41) is 0. The minimum atomic E-state index is 0.764. The fraction of sp³-hybridized carbons (Fsp3) is 0.889. The lowest BCUT2D eigenvalue weighted by Crippen LogP contribution is -2.33. The predicted molar refractivity (Wildman–Crippen MR) is 44.6 cm³/mol. The van der Waals surface area contributed by atoms with E-state index < -0.39 is 0 Å². The van der Waals surface area contributed by atoms with E-state index in [0.717, 1.165) is 6.04 Å². The van der Waals surface area contributed by atoms with Gasteiger partial charge in [-0.1, -0.05) is 13.3 Å². The topological polar surface area (TPSA) is 3.24 Å². The molecule has 0 aromatic carbocycles. The van der Waals surface area contributed by atoms with Crippen LogP contribution < -0.4 is 0 Å². The molecule has 1 aliphatic heterocycles. The van der Waals surface area contributed by atoms with Gasteiger partial charge < -0.3 is 0 Å². The molecule has 1 atom stereocenters. The number of hydrogen-bond donors (Lipinski definition) is 0. The van der Waals surface area contributed by atoms with E-state index >= 15 is 0 Å². The molecule has 1 rings (SSSR count). The molecule has 0 spiro atoms. The van der Waals surface area contributed by atoms with Gasteiger partial charge in [0.2, 0.25) is 0 Å². The molecule has 1 aliphatic rings. The lowest BCUT2D eigenvalue weighted by molar-refractivity contribution is 0.216. The van der Waals surface area contributed by atoms with Crippen molar-refractivity contribution in [2.45, 2.75) is 45.6 Å². The van der Waals surface area contributed by atoms with Crippen LogP contribution in [0.15, 0.2) is 0 Å². The van der Waals surface area contributed by atoms with Crippen molar-refractivity contribution in [1.82, 2.24) is 4.90 Å². The van der Waals surface area contributed by atoms with Crippen molar-refractivity contribution >= 4 is 0 Å². The van der Waals surface area contributed by atoms with Crippen molar-refractivity contribution in [2.24, 2.45) is 0 Å². The van der Waals surface area contributed by atoms with Crippen molar-refractivity contribution in [3.05, 3.63) is 6.54 Å². The molecule has 1 heteroatoms. The molecule has 0 aromatic heterocycles. The van der Waals surface area contributed by atoms with Gasteiger partial charge in [0.25, 0.3) is 0 Å². The van der Waals surface area contributed by atoms with Gasteiger partial charge in [-0.25, -0.2) is 0 Å². The summed E-state index contributed by atoms with van der Waals surface area (Å²) in [6.07, 6.45) is 5.36. The zero-order chi connectivity index (χ0) is 7.40. The molecule has 0 aliphatic carbocycles. The molecule has 1 nitrogen and oxygen atoms in total. The number of hydrogen-bond acceptors (Lipinski definition) is 1. The van der Waals surface area contributed by atoms with E-state index in [1.54, 1.807) is 0 Å². The zero-order valence-corrected chi connectivity index (χ0v) is 7.14. The molecule has 0 amide bonds. The predicted octanol–water partition coefficient (Wildman–Crippen LogP) is 2.43. The highest BCUT2D eigenvalue weighted by molar-refractivity contribution is 4.78. The second-order valence-corrected chi connectivity index (χ2v) is 3.17. The monoisotopic (exact) mass is 140 g/mol. The largest absolute Gasteiger partial charge is 0.296 e. The van der Waals surface area contributed by atoms with Crippen molar-refractivity contribution in [2.75, 3.05) is 6.54 Å². The summed E-state index contributed by atoms with van der Waals surface area (Å²) in [6, 6.07) is 0.764. The standard InChI is InChI=1S/C9H18N/c1-3-9(2)10-7-5-4-6-8-10/h7,9H,3-6,8H2,1-2H3. The van der Waals surface area contributed by atoms with Crippen molar-refractivity contribution in [3.63, 3.8) is 0 Å². The first kappa shape index (κ1) is 8.06. The maximum atomic E-state index is 2.49. The average Bonchev–Trinajstić information content (AvgIpc) is 2.05.